The summed E-state index contributed by atoms with van der Waals surface area (Å²) in [6.07, 6.45) is 10.1. The van der Waals surface area contributed by atoms with Gasteiger partial charge in [-0.2, -0.15) is 4.31 Å². The van der Waals surface area contributed by atoms with E-state index in [0.717, 1.165) is 84.7 Å². The molecule has 0 spiro atoms. The molecule has 7 nitrogen and oxygen atoms in total. The van der Waals surface area contributed by atoms with Crippen molar-refractivity contribution >= 4 is 15.6 Å². The van der Waals surface area contributed by atoms with E-state index < -0.39 is 15.6 Å². The molecule has 0 amide bonds. The molecule has 0 radical (unpaired) electrons. The summed E-state index contributed by atoms with van der Waals surface area (Å²) in [7, 11) is -10.1. The highest BCUT2D eigenvalue weighted by atomic mass is 31.3. The fourth-order valence-electron chi connectivity index (χ4n) is 4.71. The van der Waals surface area contributed by atoms with E-state index in [1.807, 2.05) is 38.1 Å². The second-order valence-electron chi connectivity index (χ2n) is 10.4. The molecule has 0 aliphatic heterocycles. The van der Waals surface area contributed by atoms with Crippen LogP contribution in [0.5, 0.6) is 11.5 Å². The van der Waals surface area contributed by atoms with Crippen LogP contribution in [-0.4, -0.2) is 9.79 Å². The Morgan fingerprint density at radius 2 is 0.872 bits per heavy atom. The van der Waals surface area contributed by atoms with Gasteiger partial charge in [-0.15, -0.1) is 0 Å². The van der Waals surface area contributed by atoms with Gasteiger partial charge in [-0.05, 0) is 87.5 Å². The van der Waals surface area contributed by atoms with Crippen LogP contribution in [0.25, 0.3) is 0 Å². The molecule has 39 heavy (non-hydrogen) atoms. The maximum absolute atomic E-state index is 14.3. The average Bonchev–Trinajstić information content (AvgIpc) is 2.85. The SMILES string of the molecule is CCCCc1cc(C)cc(CCCC)c1OP(=O)(Oc1c(CCCC)cc(C)cc1CCCC)OP(=O)(O)O. The molecular weight excluding hydrogens is 534 g/mol. The van der Waals surface area contributed by atoms with Crippen LogP contribution in [0.1, 0.15) is 112 Å². The summed E-state index contributed by atoms with van der Waals surface area (Å²) in [5.41, 5.74) is 5.44. The van der Waals surface area contributed by atoms with E-state index >= 15 is 0 Å². The van der Waals surface area contributed by atoms with Gasteiger partial charge in [0.05, 0.1) is 0 Å². The molecule has 0 aliphatic rings. The minimum atomic E-state index is -5.24. The van der Waals surface area contributed by atoms with E-state index in [9.17, 15) is 18.9 Å². The highest BCUT2D eigenvalue weighted by molar-refractivity contribution is 7.61. The number of aryl methyl sites for hydroxylation is 6. The van der Waals surface area contributed by atoms with Gasteiger partial charge in [0, 0.05) is 0 Å². The van der Waals surface area contributed by atoms with Crippen molar-refractivity contribution in [2.24, 2.45) is 0 Å². The first-order valence-corrected chi connectivity index (χ1v) is 17.4. The number of phosphoric ester groups is 1. The summed E-state index contributed by atoms with van der Waals surface area (Å²) in [5, 5.41) is 0. The average molecular weight is 583 g/mol. The van der Waals surface area contributed by atoms with Gasteiger partial charge in [-0.1, -0.05) is 88.8 Å². The summed E-state index contributed by atoms with van der Waals surface area (Å²) in [6, 6.07) is 7.92. The Kier molecular flexibility index (Phi) is 13.8. The zero-order valence-electron chi connectivity index (χ0n) is 24.6. The molecule has 9 heteroatoms. The van der Waals surface area contributed by atoms with Gasteiger partial charge in [0.2, 0.25) is 0 Å². The normalized spacial score (nSPS) is 12.1. The lowest BCUT2D eigenvalue weighted by Crippen LogP contribution is -2.10. The zero-order valence-corrected chi connectivity index (χ0v) is 26.4. The Labute approximate surface area is 235 Å². The Morgan fingerprint density at radius 3 is 1.10 bits per heavy atom. The molecule has 0 heterocycles. The monoisotopic (exact) mass is 582 g/mol. The van der Waals surface area contributed by atoms with Crippen molar-refractivity contribution in [2.75, 3.05) is 0 Å². The molecule has 0 aromatic heterocycles. The lowest BCUT2D eigenvalue weighted by Gasteiger charge is -2.25. The number of benzene rings is 2. The van der Waals surface area contributed by atoms with Gasteiger partial charge < -0.3 is 18.8 Å². The molecule has 0 fully saturated rings. The standard InChI is InChI=1S/C30H48O7P2/c1-7-11-15-25-19-23(5)20-26(16-12-8-2)29(25)35-39(34,37-38(31,32)33)36-30-27(17-13-9-3)21-24(6)22-28(30)18-14-10-4/h19-22H,7-18H2,1-6H3,(H2,31,32,33). The van der Waals surface area contributed by atoms with Crippen molar-refractivity contribution in [3.8, 4) is 11.5 Å². The smallest absolute Gasteiger partial charge is 0.394 e. The predicted octanol–water partition coefficient (Wildman–Crippen LogP) is 9.35. The third kappa shape index (κ3) is 11.1. The second-order valence-corrected chi connectivity index (χ2v) is 13.3. The Hall–Kier alpha value is -1.62. The van der Waals surface area contributed by atoms with Crippen LogP contribution in [0.3, 0.4) is 0 Å². The summed E-state index contributed by atoms with van der Waals surface area (Å²) in [6.45, 7) is 12.4. The van der Waals surface area contributed by atoms with Crippen LogP contribution in [0.4, 0.5) is 0 Å². The first-order chi connectivity index (χ1) is 18.4. The van der Waals surface area contributed by atoms with Gasteiger partial charge in [0.1, 0.15) is 11.5 Å². The minimum absolute atomic E-state index is 0.344. The molecule has 2 aromatic rings. The first kappa shape index (κ1) is 33.6. The molecule has 0 atom stereocenters. The third-order valence-electron chi connectivity index (χ3n) is 6.59. The summed E-state index contributed by atoms with van der Waals surface area (Å²) >= 11 is 0. The zero-order chi connectivity index (χ0) is 29.1. The van der Waals surface area contributed by atoms with Crippen LogP contribution in [0, 0.1) is 13.8 Å². The molecule has 0 bridgehead atoms. The van der Waals surface area contributed by atoms with E-state index in [1.54, 1.807) is 0 Å². The summed E-state index contributed by atoms with van der Waals surface area (Å²) < 4.78 is 43.4. The van der Waals surface area contributed by atoms with Crippen molar-refractivity contribution < 1.29 is 32.3 Å². The Bertz CT molecular complexity index is 1020. The quantitative estimate of drug-likeness (QED) is 0.169. The largest absolute Gasteiger partial charge is 0.596 e. The van der Waals surface area contributed by atoms with E-state index in [-0.39, 0.29) is 0 Å². The van der Waals surface area contributed by atoms with Crippen LogP contribution >= 0.6 is 15.6 Å². The molecular formula is C30H48O7P2. The highest BCUT2D eigenvalue weighted by Crippen LogP contribution is 2.62. The van der Waals surface area contributed by atoms with Crippen molar-refractivity contribution in [3.05, 3.63) is 57.6 Å². The molecule has 0 saturated carbocycles. The maximum atomic E-state index is 14.3. The molecule has 0 unspecified atom stereocenters. The Balaban J connectivity index is 2.69. The van der Waals surface area contributed by atoms with Crippen molar-refractivity contribution in [1.82, 2.24) is 0 Å². The molecule has 2 N–H and O–H groups in total. The van der Waals surface area contributed by atoms with E-state index in [2.05, 4.69) is 27.7 Å². The number of hydrogen-bond acceptors (Lipinski definition) is 5. The van der Waals surface area contributed by atoms with E-state index in [1.165, 1.54) is 0 Å². The molecule has 0 aliphatic carbocycles. The summed E-state index contributed by atoms with van der Waals surface area (Å²) in [5.74, 6) is 0.688. The number of rotatable bonds is 18. The van der Waals surface area contributed by atoms with Crippen molar-refractivity contribution in [2.45, 2.75) is 119 Å². The number of hydrogen-bond donors (Lipinski definition) is 2. The molecule has 2 rings (SSSR count). The highest BCUT2D eigenvalue weighted by Gasteiger charge is 2.41. The topological polar surface area (TPSA) is 102 Å². The number of phosphoric acid groups is 2. The van der Waals surface area contributed by atoms with Gasteiger partial charge in [-0.3, -0.25) is 0 Å². The van der Waals surface area contributed by atoms with Gasteiger partial charge in [0.25, 0.3) is 0 Å². The number of unbranched alkanes of at least 4 members (excludes halogenated alkanes) is 4. The van der Waals surface area contributed by atoms with Crippen LogP contribution in [0.2, 0.25) is 0 Å². The fourth-order valence-corrected chi connectivity index (χ4v) is 6.97. The first-order valence-electron chi connectivity index (χ1n) is 14.5. The molecule has 0 saturated heterocycles. The predicted molar refractivity (Wildman–Crippen MR) is 159 cm³/mol. The third-order valence-corrected chi connectivity index (χ3v) is 9.05. The van der Waals surface area contributed by atoms with E-state index in [4.69, 9.17) is 13.4 Å². The Morgan fingerprint density at radius 1 is 0.590 bits per heavy atom. The lowest BCUT2D eigenvalue weighted by atomic mass is 9.97. The lowest BCUT2D eigenvalue weighted by molar-refractivity contribution is 0.232. The van der Waals surface area contributed by atoms with Crippen LogP contribution in [0.15, 0.2) is 24.3 Å². The van der Waals surface area contributed by atoms with E-state index in [0.29, 0.717) is 37.2 Å². The van der Waals surface area contributed by atoms with Crippen molar-refractivity contribution in [1.29, 1.82) is 0 Å². The molecule has 2 aromatic carbocycles. The van der Waals surface area contributed by atoms with Gasteiger partial charge >= 0.3 is 15.6 Å². The summed E-state index contributed by atoms with van der Waals surface area (Å²) in [4.78, 5) is 19.6. The minimum Gasteiger partial charge on any atom is -0.394 e. The molecule has 220 valence electrons. The second kappa shape index (κ2) is 16.0. The fraction of sp³-hybridized carbons (Fsp3) is 0.600. The van der Waals surface area contributed by atoms with Crippen LogP contribution < -0.4 is 9.05 Å². The van der Waals surface area contributed by atoms with Crippen LogP contribution in [-0.2, 0) is 39.1 Å². The van der Waals surface area contributed by atoms with Gasteiger partial charge in [-0.25, -0.2) is 9.13 Å². The maximum Gasteiger partial charge on any atom is 0.596 e. The van der Waals surface area contributed by atoms with Crippen molar-refractivity contribution in [3.63, 3.8) is 0 Å². The van der Waals surface area contributed by atoms with Gasteiger partial charge in [0.15, 0.2) is 0 Å².